The molecule has 0 fully saturated rings. The fourth-order valence-electron chi connectivity index (χ4n) is 3.86. The summed E-state index contributed by atoms with van der Waals surface area (Å²) in [6.45, 7) is 0. The Bertz CT molecular complexity index is 1130. The molecule has 138 valence electrons. The summed E-state index contributed by atoms with van der Waals surface area (Å²) in [7, 11) is 0. The van der Waals surface area contributed by atoms with Crippen molar-refractivity contribution in [3.63, 3.8) is 0 Å². The number of oxazole rings is 1. The molecule has 0 saturated carbocycles. The smallest absolute Gasteiger partial charge is 0.247 e. The molecule has 2 aromatic carbocycles. The largest absolute Gasteiger partial charge is 0.443 e. The van der Waals surface area contributed by atoms with E-state index in [9.17, 15) is 8.78 Å². The average Bonchev–Trinajstić information content (AvgIpc) is 3.37. The van der Waals surface area contributed by atoms with Crippen molar-refractivity contribution in [1.82, 2.24) is 15.2 Å². The number of hydrogen-bond donors (Lipinski definition) is 1. The van der Waals surface area contributed by atoms with Crippen LogP contribution in [0.2, 0.25) is 0 Å². The predicted octanol–water partition coefficient (Wildman–Crippen LogP) is 4.90. The third-order valence-corrected chi connectivity index (χ3v) is 5.19. The molecule has 28 heavy (non-hydrogen) atoms. The van der Waals surface area contributed by atoms with Crippen molar-refractivity contribution in [2.24, 2.45) is 0 Å². The number of benzene rings is 2. The third kappa shape index (κ3) is 2.57. The van der Waals surface area contributed by atoms with Gasteiger partial charge in [-0.3, -0.25) is 5.10 Å². The van der Waals surface area contributed by atoms with Crippen molar-refractivity contribution >= 4 is 6.08 Å². The monoisotopic (exact) mass is 375 g/mol. The number of H-pyrrole nitrogens is 1. The van der Waals surface area contributed by atoms with E-state index in [0.717, 1.165) is 22.4 Å². The van der Waals surface area contributed by atoms with E-state index in [4.69, 9.17) is 4.42 Å². The van der Waals surface area contributed by atoms with Crippen LogP contribution in [0.25, 0.3) is 17.7 Å². The van der Waals surface area contributed by atoms with Crippen LogP contribution in [0.1, 0.15) is 22.4 Å². The Morgan fingerprint density at radius 2 is 1.71 bits per heavy atom. The molecule has 0 aliphatic heterocycles. The summed E-state index contributed by atoms with van der Waals surface area (Å²) in [6, 6.07) is 12.8. The number of fused-ring (bicyclic) bond motifs is 1. The van der Waals surface area contributed by atoms with Gasteiger partial charge >= 0.3 is 0 Å². The molecule has 1 aliphatic rings. The highest BCUT2D eigenvalue weighted by Gasteiger charge is 2.37. The van der Waals surface area contributed by atoms with E-state index >= 15 is 0 Å². The molecule has 0 amide bonds. The van der Waals surface area contributed by atoms with Gasteiger partial charge in [-0.05, 0) is 35.4 Å². The van der Waals surface area contributed by atoms with Gasteiger partial charge < -0.3 is 4.42 Å². The summed E-state index contributed by atoms with van der Waals surface area (Å²) in [5, 5.41) is 7.40. The summed E-state index contributed by atoms with van der Waals surface area (Å²) in [5.41, 5.74) is 3.09. The zero-order valence-corrected chi connectivity index (χ0v) is 14.7. The fourth-order valence-corrected chi connectivity index (χ4v) is 3.86. The van der Waals surface area contributed by atoms with Gasteiger partial charge in [0.15, 0.2) is 5.69 Å². The molecule has 5 rings (SSSR count). The van der Waals surface area contributed by atoms with Crippen LogP contribution in [-0.2, 0) is 11.8 Å². The van der Waals surface area contributed by atoms with Crippen LogP contribution < -0.4 is 0 Å². The van der Waals surface area contributed by atoms with E-state index in [-0.39, 0.29) is 11.6 Å². The topological polar surface area (TPSA) is 54.7 Å². The molecule has 0 bridgehead atoms. The summed E-state index contributed by atoms with van der Waals surface area (Å²) < 4.78 is 33.4. The Labute approximate surface area is 159 Å². The molecule has 2 heterocycles. The molecule has 0 atom stereocenters. The summed E-state index contributed by atoms with van der Waals surface area (Å²) in [5.74, 6) is -0.249. The number of allylic oxidation sites excluding steroid dienone is 1. The number of aromatic nitrogens is 3. The van der Waals surface area contributed by atoms with E-state index in [1.807, 2.05) is 24.3 Å². The maximum Gasteiger partial charge on any atom is 0.247 e. The van der Waals surface area contributed by atoms with Crippen LogP contribution in [0, 0.1) is 11.6 Å². The number of rotatable bonds is 3. The molecule has 1 aliphatic carbocycles. The highest BCUT2D eigenvalue weighted by molar-refractivity contribution is 5.73. The normalized spacial score (nSPS) is 14.8. The molecular weight excluding hydrogens is 360 g/mol. The minimum Gasteiger partial charge on any atom is -0.443 e. The molecule has 2 aromatic heterocycles. The minimum absolute atomic E-state index is 0.336. The first-order valence-corrected chi connectivity index (χ1v) is 8.84. The second-order valence-electron chi connectivity index (χ2n) is 6.80. The number of nitrogens with zero attached hydrogens (tertiary/aromatic N) is 2. The molecular formula is C22H15F2N3O. The number of aromatic amines is 1. The zero-order valence-electron chi connectivity index (χ0n) is 14.7. The highest BCUT2D eigenvalue weighted by atomic mass is 19.1. The second kappa shape index (κ2) is 6.27. The second-order valence-corrected chi connectivity index (χ2v) is 6.80. The van der Waals surface area contributed by atoms with Crippen LogP contribution in [0.3, 0.4) is 0 Å². The third-order valence-electron chi connectivity index (χ3n) is 5.19. The van der Waals surface area contributed by atoms with Crippen LogP contribution in [0.15, 0.2) is 71.5 Å². The minimum atomic E-state index is -0.725. The highest BCUT2D eigenvalue weighted by Crippen LogP contribution is 2.43. The van der Waals surface area contributed by atoms with Gasteiger partial charge in [0.05, 0.1) is 6.20 Å². The summed E-state index contributed by atoms with van der Waals surface area (Å²) in [6.07, 6.45) is 7.41. The molecule has 0 unspecified atom stereocenters. The van der Waals surface area contributed by atoms with E-state index < -0.39 is 5.41 Å². The Hall–Kier alpha value is -3.54. The van der Waals surface area contributed by atoms with Crippen LogP contribution >= 0.6 is 0 Å². The van der Waals surface area contributed by atoms with Gasteiger partial charge in [-0.1, -0.05) is 36.4 Å². The maximum atomic E-state index is 14.0. The van der Waals surface area contributed by atoms with Gasteiger partial charge in [0.25, 0.3) is 0 Å². The van der Waals surface area contributed by atoms with Gasteiger partial charge in [0.2, 0.25) is 5.89 Å². The van der Waals surface area contributed by atoms with Gasteiger partial charge in [-0.25, -0.2) is 13.8 Å². The summed E-state index contributed by atoms with van der Waals surface area (Å²) in [4.78, 5) is 4.16. The van der Waals surface area contributed by atoms with Crippen LogP contribution in [0.5, 0.6) is 0 Å². The van der Waals surface area contributed by atoms with Crippen molar-refractivity contribution in [3.05, 3.63) is 101 Å². The van der Waals surface area contributed by atoms with Gasteiger partial charge in [-0.15, -0.1) is 0 Å². The van der Waals surface area contributed by atoms with Crippen molar-refractivity contribution < 1.29 is 13.2 Å². The van der Waals surface area contributed by atoms with E-state index in [0.29, 0.717) is 18.0 Å². The molecule has 4 aromatic rings. The first-order chi connectivity index (χ1) is 13.7. The van der Waals surface area contributed by atoms with Crippen molar-refractivity contribution in [3.8, 4) is 11.6 Å². The lowest BCUT2D eigenvalue weighted by Gasteiger charge is -2.34. The molecule has 6 heteroatoms. The lowest BCUT2D eigenvalue weighted by Crippen LogP contribution is -2.30. The average molecular weight is 375 g/mol. The standard InChI is InChI=1S/C22H15F2N3O/c23-16-5-1-3-14(11-16)22(15-4-2-6-17(24)12-15)8-7-18-19(13-22)26-27-20(18)21-25-9-10-28-21/h1-12H,13H2,(H,26,27). The molecule has 0 saturated heterocycles. The van der Waals surface area contributed by atoms with Gasteiger partial charge in [0, 0.05) is 23.1 Å². The Morgan fingerprint density at radius 1 is 1.00 bits per heavy atom. The number of nitrogens with one attached hydrogen (secondary N) is 1. The van der Waals surface area contributed by atoms with Crippen molar-refractivity contribution in [2.75, 3.05) is 0 Å². The quantitative estimate of drug-likeness (QED) is 0.554. The van der Waals surface area contributed by atoms with E-state index in [1.165, 1.54) is 30.5 Å². The Kier molecular flexibility index (Phi) is 3.72. The van der Waals surface area contributed by atoms with Crippen LogP contribution in [-0.4, -0.2) is 15.2 Å². The summed E-state index contributed by atoms with van der Waals surface area (Å²) >= 11 is 0. The Morgan fingerprint density at radius 3 is 2.32 bits per heavy atom. The fraction of sp³-hybridized carbons (Fsp3) is 0.0909. The molecule has 1 N–H and O–H groups in total. The maximum absolute atomic E-state index is 14.0. The lowest BCUT2D eigenvalue weighted by molar-refractivity contribution is 0.571. The molecule has 0 spiro atoms. The van der Waals surface area contributed by atoms with Crippen LogP contribution in [0.4, 0.5) is 8.78 Å². The molecule has 4 nitrogen and oxygen atoms in total. The first-order valence-electron chi connectivity index (χ1n) is 8.84. The van der Waals surface area contributed by atoms with Gasteiger partial charge in [-0.2, -0.15) is 5.10 Å². The van der Waals surface area contributed by atoms with Crippen molar-refractivity contribution in [1.29, 1.82) is 0 Å². The number of halogens is 2. The lowest BCUT2D eigenvalue weighted by atomic mass is 9.68. The van der Waals surface area contributed by atoms with E-state index in [2.05, 4.69) is 15.2 Å². The Balaban J connectivity index is 1.69. The predicted molar refractivity (Wildman–Crippen MR) is 100 cm³/mol. The number of hydrogen-bond acceptors (Lipinski definition) is 3. The molecule has 0 radical (unpaired) electrons. The van der Waals surface area contributed by atoms with Crippen molar-refractivity contribution in [2.45, 2.75) is 11.8 Å². The first kappa shape index (κ1) is 16.6. The van der Waals surface area contributed by atoms with Gasteiger partial charge in [0.1, 0.15) is 17.9 Å². The van der Waals surface area contributed by atoms with E-state index in [1.54, 1.807) is 18.3 Å². The SMILES string of the molecule is Fc1cccc(C2(c3cccc(F)c3)C=Cc3c(-c4ncco4)n[nH]c3C2)c1. The zero-order chi connectivity index (χ0) is 19.1.